The highest BCUT2D eigenvalue weighted by Gasteiger charge is 2.21. The van der Waals surface area contributed by atoms with Gasteiger partial charge in [0.15, 0.2) is 12.3 Å². The number of hydrogen-bond donors (Lipinski definition) is 1. The Hall–Kier alpha value is -3.00. The van der Waals surface area contributed by atoms with Crippen LogP contribution in [0.4, 0.5) is 10.1 Å². The average Bonchev–Trinajstić information content (AvgIpc) is 3.12. The van der Waals surface area contributed by atoms with Crippen molar-refractivity contribution in [3.63, 3.8) is 0 Å². The summed E-state index contributed by atoms with van der Waals surface area (Å²) in [6.45, 7) is 7.28. The van der Waals surface area contributed by atoms with Crippen molar-refractivity contribution in [2.75, 3.05) is 11.9 Å². The number of halogens is 2. The van der Waals surface area contributed by atoms with Gasteiger partial charge in [0.1, 0.15) is 5.82 Å². The predicted molar refractivity (Wildman–Crippen MR) is 112 cm³/mol. The Balaban J connectivity index is 1.81. The first kappa shape index (κ1) is 21.7. The van der Waals surface area contributed by atoms with Gasteiger partial charge in [0.05, 0.1) is 22.8 Å². The number of esters is 1. The van der Waals surface area contributed by atoms with E-state index in [1.807, 2.05) is 27.7 Å². The number of nitrogens with zero attached hydrogens (tertiary/aromatic N) is 3. The lowest BCUT2D eigenvalue weighted by Crippen LogP contribution is -2.21. The smallest absolute Gasteiger partial charge is 0.339 e. The van der Waals surface area contributed by atoms with Gasteiger partial charge in [-0.15, -0.1) is 0 Å². The summed E-state index contributed by atoms with van der Waals surface area (Å²) >= 11 is 5.81. The number of nitrogens with one attached hydrogen (secondary N) is 1. The van der Waals surface area contributed by atoms with E-state index in [0.717, 1.165) is 6.07 Å². The van der Waals surface area contributed by atoms with Crippen LogP contribution in [-0.2, 0) is 9.53 Å². The Bertz CT molecular complexity index is 1110. The molecule has 30 heavy (non-hydrogen) atoms. The summed E-state index contributed by atoms with van der Waals surface area (Å²) < 4.78 is 20.7. The van der Waals surface area contributed by atoms with Gasteiger partial charge in [0.25, 0.3) is 5.91 Å². The number of ether oxygens (including phenoxy) is 1. The average molecular weight is 433 g/mol. The van der Waals surface area contributed by atoms with Crippen molar-refractivity contribution in [3.8, 4) is 0 Å². The second kappa shape index (κ2) is 8.79. The van der Waals surface area contributed by atoms with Crippen molar-refractivity contribution in [1.29, 1.82) is 0 Å². The minimum absolute atomic E-state index is 0.0552. The number of anilines is 1. The molecule has 0 atom stereocenters. The normalized spacial score (nSPS) is 11.3. The fourth-order valence-electron chi connectivity index (χ4n) is 2.87. The van der Waals surface area contributed by atoms with E-state index in [0.29, 0.717) is 16.7 Å². The predicted octanol–water partition coefficient (Wildman–Crippen LogP) is 4.72. The fraction of sp³-hybridized carbons (Fsp3) is 0.333. The molecule has 0 aliphatic heterocycles. The van der Waals surface area contributed by atoms with Crippen molar-refractivity contribution in [2.24, 2.45) is 0 Å². The van der Waals surface area contributed by atoms with E-state index in [1.165, 1.54) is 12.1 Å². The number of benzene rings is 1. The summed E-state index contributed by atoms with van der Waals surface area (Å²) in [6, 6.07) is 5.48. The Morgan fingerprint density at radius 3 is 2.63 bits per heavy atom. The van der Waals surface area contributed by atoms with Gasteiger partial charge in [-0.25, -0.2) is 18.9 Å². The molecule has 0 spiro atoms. The number of fused-ring (bicyclic) bond motifs is 1. The lowest BCUT2D eigenvalue weighted by molar-refractivity contribution is -0.119. The summed E-state index contributed by atoms with van der Waals surface area (Å²) in [5.41, 5.74) is 1.48. The molecule has 0 fully saturated rings. The van der Waals surface area contributed by atoms with Crippen molar-refractivity contribution >= 4 is 40.2 Å². The quantitative estimate of drug-likeness (QED) is 0.569. The molecular formula is C21H22ClFN4O3. The highest BCUT2D eigenvalue weighted by atomic mass is 35.5. The molecule has 2 aromatic heterocycles. The summed E-state index contributed by atoms with van der Waals surface area (Å²) in [5, 5.41) is 7.47. The van der Waals surface area contributed by atoms with E-state index in [1.54, 1.807) is 16.9 Å². The maximum absolute atomic E-state index is 13.8. The van der Waals surface area contributed by atoms with Gasteiger partial charge in [-0.05, 0) is 44.0 Å². The van der Waals surface area contributed by atoms with Gasteiger partial charge in [-0.3, -0.25) is 4.79 Å². The Morgan fingerprint density at radius 1 is 1.23 bits per heavy atom. The zero-order valence-corrected chi connectivity index (χ0v) is 17.8. The maximum atomic E-state index is 13.8. The van der Waals surface area contributed by atoms with Crippen LogP contribution in [-0.4, -0.2) is 33.2 Å². The number of pyridine rings is 1. The Morgan fingerprint density at radius 2 is 1.97 bits per heavy atom. The third kappa shape index (κ3) is 4.59. The van der Waals surface area contributed by atoms with E-state index in [-0.39, 0.29) is 28.2 Å². The molecule has 0 saturated carbocycles. The molecular weight excluding hydrogens is 411 g/mol. The monoisotopic (exact) mass is 432 g/mol. The molecule has 0 saturated heterocycles. The van der Waals surface area contributed by atoms with Crippen LogP contribution < -0.4 is 5.32 Å². The highest BCUT2D eigenvalue weighted by Crippen LogP contribution is 2.25. The molecule has 1 amide bonds. The first-order chi connectivity index (χ1) is 14.2. The summed E-state index contributed by atoms with van der Waals surface area (Å²) in [7, 11) is 0. The number of carbonyl (C=O) groups excluding carboxylic acids is 2. The molecule has 0 unspecified atom stereocenters. The zero-order chi connectivity index (χ0) is 22.0. The van der Waals surface area contributed by atoms with E-state index in [9.17, 15) is 14.0 Å². The van der Waals surface area contributed by atoms with Crippen molar-refractivity contribution < 1.29 is 18.7 Å². The molecule has 3 aromatic rings. The minimum Gasteiger partial charge on any atom is -0.452 e. The molecule has 158 valence electrons. The van der Waals surface area contributed by atoms with Crippen LogP contribution in [0.25, 0.3) is 11.0 Å². The molecule has 0 bridgehead atoms. The highest BCUT2D eigenvalue weighted by molar-refractivity contribution is 6.30. The molecule has 0 aliphatic rings. The second-order valence-electron chi connectivity index (χ2n) is 7.42. The number of carbonyl (C=O) groups is 2. The van der Waals surface area contributed by atoms with Crippen molar-refractivity contribution in [1.82, 2.24) is 14.8 Å². The molecule has 9 heteroatoms. The largest absolute Gasteiger partial charge is 0.452 e. The van der Waals surface area contributed by atoms with Crippen LogP contribution in [0.1, 0.15) is 55.7 Å². The molecule has 0 radical (unpaired) electrons. The number of hydrogen-bond acceptors (Lipinski definition) is 5. The second-order valence-corrected chi connectivity index (χ2v) is 7.85. The summed E-state index contributed by atoms with van der Waals surface area (Å²) in [5.74, 6) is -1.94. The SMILES string of the molecule is CC(C)c1cc(C(=O)OCC(=O)Nc2cc(Cl)ccc2F)c2cnn(C(C)C)c2n1. The van der Waals surface area contributed by atoms with Gasteiger partial charge in [-0.1, -0.05) is 25.4 Å². The van der Waals surface area contributed by atoms with E-state index < -0.39 is 24.3 Å². The van der Waals surface area contributed by atoms with Crippen LogP contribution >= 0.6 is 11.6 Å². The van der Waals surface area contributed by atoms with Gasteiger partial charge < -0.3 is 10.1 Å². The number of aromatic nitrogens is 3. The molecule has 3 rings (SSSR count). The van der Waals surface area contributed by atoms with Crippen molar-refractivity contribution in [2.45, 2.75) is 39.7 Å². The number of rotatable bonds is 6. The minimum atomic E-state index is -0.686. The van der Waals surface area contributed by atoms with E-state index in [4.69, 9.17) is 16.3 Å². The van der Waals surface area contributed by atoms with Gasteiger partial charge in [0.2, 0.25) is 0 Å². The molecule has 2 heterocycles. The van der Waals surface area contributed by atoms with E-state index in [2.05, 4.69) is 15.4 Å². The molecule has 1 aromatic carbocycles. The van der Waals surface area contributed by atoms with Crippen molar-refractivity contribution in [3.05, 3.63) is 52.6 Å². The van der Waals surface area contributed by atoms with Gasteiger partial charge >= 0.3 is 5.97 Å². The Labute approximate surface area is 178 Å². The lowest BCUT2D eigenvalue weighted by atomic mass is 10.1. The van der Waals surface area contributed by atoms with Crippen LogP contribution in [0.2, 0.25) is 5.02 Å². The third-order valence-corrected chi connectivity index (χ3v) is 4.66. The summed E-state index contributed by atoms with van der Waals surface area (Å²) in [6.07, 6.45) is 1.56. The van der Waals surface area contributed by atoms with Crippen LogP contribution in [0.5, 0.6) is 0 Å². The fourth-order valence-corrected chi connectivity index (χ4v) is 3.04. The Kier molecular flexibility index (Phi) is 6.36. The van der Waals surface area contributed by atoms with Crippen LogP contribution in [0.3, 0.4) is 0 Å². The topological polar surface area (TPSA) is 86.1 Å². The van der Waals surface area contributed by atoms with E-state index >= 15 is 0 Å². The summed E-state index contributed by atoms with van der Waals surface area (Å²) in [4.78, 5) is 29.5. The standard InChI is InChI=1S/C21H22ClFN4O3/c1-11(2)17-8-14(15-9-24-27(12(3)4)20(15)26-17)21(29)30-10-19(28)25-18-7-13(22)5-6-16(18)23/h5-9,11-12H,10H2,1-4H3,(H,25,28). The molecule has 7 nitrogen and oxygen atoms in total. The van der Waals surface area contributed by atoms with Gasteiger partial charge in [0, 0.05) is 16.8 Å². The first-order valence-corrected chi connectivity index (χ1v) is 9.85. The van der Waals surface area contributed by atoms with Gasteiger partial charge in [-0.2, -0.15) is 5.10 Å². The third-order valence-electron chi connectivity index (χ3n) is 4.42. The van der Waals surface area contributed by atoms with Crippen LogP contribution in [0, 0.1) is 5.82 Å². The molecule has 0 aliphatic carbocycles. The molecule has 1 N–H and O–H groups in total. The lowest BCUT2D eigenvalue weighted by Gasteiger charge is -2.12. The first-order valence-electron chi connectivity index (χ1n) is 9.47. The van der Waals surface area contributed by atoms with Crippen LogP contribution in [0.15, 0.2) is 30.5 Å². The maximum Gasteiger partial charge on any atom is 0.339 e. The number of amides is 1. The zero-order valence-electron chi connectivity index (χ0n) is 17.1.